The van der Waals surface area contributed by atoms with Crippen molar-refractivity contribution in [3.63, 3.8) is 0 Å². The Balaban J connectivity index is 1.41. The average molecular weight is 383 g/mol. The number of nitrogens with one attached hydrogen (secondary N) is 1. The molecule has 0 aliphatic carbocycles. The Kier molecular flexibility index (Phi) is 7.60. The maximum atomic E-state index is 12.3. The summed E-state index contributed by atoms with van der Waals surface area (Å²) >= 11 is 0. The molecule has 1 saturated heterocycles. The summed E-state index contributed by atoms with van der Waals surface area (Å²) in [5.41, 5.74) is 3.16. The molecular formula is C23H30N2O3. The number of benzene rings is 2. The van der Waals surface area contributed by atoms with Gasteiger partial charge in [-0.05, 0) is 48.5 Å². The number of piperidine rings is 1. The van der Waals surface area contributed by atoms with E-state index in [1.54, 1.807) is 7.11 Å². The normalized spacial score (nSPS) is 16.6. The second-order valence-corrected chi connectivity index (χ2v) is 7.50. The zero-order valence-corrected chi connectivity index (χ0v) is 16.5. The maximum absolute atomic E-state index is 12.3. The first-order chi connectivity index (χ1) is 13.7. The van der Waals surface area contributed by atoms with E-state index in [1.807, 2.05) is 48.5 Å². The first-order valence-corrected chi connectivity index (χ1v) is 9.94. The van der Waals surface area contributed by atoms with Gasteiger partial charge in [0.25, 0.3) is 0 Å². The number of likely N-dealkylation sites (tertiary alicyclic amines) is 1. The second-order valence-electron chi connectivity index (χ2n) is 7.50. The summed E-state index contributed by atoms with van der Waals surface area (Å²) in [5, 5.41) is 13.6. The number of methoxy groups -OCH3 is 1. The van der Waals surface area contributed by atoms with Gasteiger partial charge in [0.15, 0.2) is 0 Å². The van der Waals surface area contributed by atoms with Crippen LogP contribution in [0.1, 0.15) is 35.6 Å². The Labute approximate surface area is 167 Å². The molecule has 0 radical (unpaired) electrons. The zero-order chi connectivity index (χ0) is 19.8. The fraction of sp³-hybridized carbons (Fsp3) is 0.435. The second kappa shape index (κ2) is 10.4. The van der Waals surface area contributed by atoms with E-state index in [9.17, 15) is 9.90 Å². The fourth-order valence-corrected chi connectivity index (χ4v) is 3.80. The van der Waals surface area contributed by atoms with Gasteiger partial charge in [0.05, 0.1) is 19.3 Å². The highest BCUT2D eigenvalue weighted by Crippen LogP contribution is 2.30. The standard InChI is InChI=1S/C23H30N2O3/c1-28-17-19-7-5-6-18(14-19)15-24-22(26)16-25-12-10-21(11-13-25)23(27)20-8-3-2-4-9-20/h2-9,14,21,23,27H,10-13,15-17H2,1H3,(H,24,26). The van der Waals surface area contributed by atoms with Gasteiger partial charge in [-0.1, -0.05) is 54.6 Å². The van der Waals surface area contributed by atoms with Crippen molar-refractivity contribution in [3.8, 4) is 0 Å². The number of carbonyl (C=O) groups excluding carboxylic acids is 1. The lowest BCUT2D eigenvalue weighted by Crippen LogP contribution is -2.42. The number of hydrogen-bond acceptors (Lipinski definition) is 4. The third-order valence-corrected chi connectivity index (χ3v) is 5.38. The summed E-state index contributed by atoms with van der Waals surface area (Å²) in [5.74, 6) is 0.296. The maximum Gasteiger partial charge on any atom is 0.234 e. The smallest absolute Gasteiger partial charge is 0.234 e. The Hall–Kier alpha value is -2.21. The quantitative estimate of drug-likeness (QED) is 0.737. The summed E-state index contributed by atoms with van der Waals surface area (Å²) in [4.78, 5) is 14.5. The van der Waals surface area contributed by atoms with Crippen LogP contribution >= 0.6 is 0 Å². The van der Waals surface area contributed by atoms with Gasteiger partial charge in [-0.2, -0.15) is 0 Å². The number of hydrogen-bond donors (Lipinski definition) is 2. The van der Waals surface area contributed by atoms with E-state index < -0.39 is 6.10 Å². The Bertz CT molecular complexity index is 743. The van der Waals surface area contributed by atoms with Crippen molar-refractivity contribution in [3.05, 3.63) is 71.3 Å². The minimum Gasteiger partial charge on any atom is -0.388 e. The Morgan fingerprint density at radius 2 is 1.86 bits per heavy atom. The minimum absolute atomic E-state index is 0.0409. The van der Waals surface area contributed by atoms with Crippen molar-refractivity contribution in [1.82, 2.24) is 10.2 Å². The van der Waals surface area contributed by atoms with Gasteiger partial charge >= 0.3 is 0 Å². The predicted octanol–water partition coefficient (Wildman–Crippen LogP) is 2.89. The summed E-state index contributed by atoms with van der Waals surface area (Å²) in [6, 6.07) is 17.9. The summed E-state index contributed by atoms with van der Waals surface area (Å²) in [7, 11) is 1.68. The number of carbonyl (C=O) groups is 1. The molecule has 1 fully saturated rings. The van der Waals surface area contributed by atoms with Gasteiger partial charge in [0, 0.05) is 13.7 Å². The van der Waals surface area contributed by atoms with Crippen molar-refractivity contribution in [1.29, 1.82) is 0 Å². The summed E-state index contributed by atoms with van der Waals surface area (Å²) in [6.07, 6.45) is 1.39. The van der Waals surface area contributed by atoms with Gasteiger partial charge in [-0.3, -0.25) is 9.69 Å². The highest BCUT2D eigenvalue weighted by molar-refractivity contribution is 5.78. The first kappa shape index (κ1) is 20.5. The molecule has 1 aliphatic rings. The molecule has 1 amide bonds. The van der Waals surface area contributed by atoms with E-state index in [4.69, 9.17) is 4.74 Å². The van der Waals surface area contributed by atoms with Gasteiger partial charge in [-0.25, -0.2) is 0 Å². The van der Waals surface area contributed by atoms with E-state index in [0.29, 0.717) is 19.7 Å². The predicted molar refractivity (Wildman–Crippen MR) is 110 cm³/mol. The lowest BCUT2D eigenvalue weighted by molar-refractivity contribution is -0.122. The molecule has 1 unspecified atom stereocenters. The third-order valence-electron chi connectivity index (χ3n) is 5.38. The van der Waals surface area contributed by atoms with E-state index in [0.717, 1.165) is 42.6 Å². The molecule has 0 saturated carbocycles. The fourth-order valence-electron chi connectivity index (χ4n) is 3.80. The van der Waals surface area contributed by atoms with Crippen molar-refractivity contribution in [2.24, 2.45) is 5.92 Å². The van der Waals surface area contributed by atoms with Crippen LogP contribution < -0.4 is 5.32 Å². The molecular weight excluding hydrogens is 352 g/mol. The highest BCUT2D eigenvalue weighted by Gasteiger charge is 2.26. The van der Waals surface area contributed by atoms with E-state index in [-0.39, 0.29) is 11.8 Å². The Morgan fingerprint density at radius 3 is 2.57 bits per heavy atom. The van der Waals surface area contributed by atoms with Gasteiger partial charge in [0.1, 0.15) is 0 Å². The SMILES string of the molecule is COCc1cccc(CNC(=O)CN2CCC(C(O)c3ccccc3)CC2)c1. The molecule has 2 aromatic rings. The van der Waals surface area contributed by atoms with Gasteiger partial charge in [0.2, 0.25) is 5.91 Å². The molecule has 5 nitrogen and oxygen atoms in total. The molecule has 2 aromatic carbocycles. The number of aliphatic hydroxyl groups is 1. The molecule has 1 heterocycles. The summed E-state index contributed by atoms with van der Waals surface area (Å²) < 4.78 is 5.15. The monoisotopic (exact) mass is 382 g/mol. The van der Waals surface area contributed by atoms with Crippen LogP contribution in [-0.4, -0.2) is 42.7 Å². The van der Waals surface area contributed by atoms with Crippen molar-refractivity contribution in [2.75, 3.05) is 26.7 Å². The minimum atomic E-state index is -0.420. The lowest BCUT2D eigenvalue weighted by atomic mass is 9.87. The third kappa shape index (κ3) is 5.89. The van der Waals surface area contributed by atoms with Gasteiger partial charge in [-0.15, -0.1) is 0 Å². The van der Waals surface area contributed by atoms with Crippen molar-refractivity contribution >= 4 is 5.91 Å². The van der Waals surface area contributed by atoms with Crippen molar-refractivity contribution in [2.45, 2.75) is 32.1 Å². The molecule has 0 aromatic heterocycles. The molecule has 0 spiro atoms. The Morgan fingerprint density at radius 1 is 1.14 bits per heavy atom. The summed E-state index contributed by atoms with van der Waals surface area (Å²) in [6.45, 7) is 3.19. The van der Waals surface area contributed by atoms with Crippen LogP contribution in [0, 0.1) is 5.92 Å². The van der Waals surface area contributed by atoms with E-state index in [2.05, 4.69) is 16.3 Å². The van der Waals surface area contributed by atoms with Crippen LogP contribution in [0.3, 0.4) is 0 Å². The van der Waals surface area contributed by atoms with Crippen LogP contribution in [0.25, 0.3) is 0 Å². The lowest BCUT2D eigenvalue weighted by Gasteiger charge is -2.34. The van der Waals surface area contributed by atoms with Crippen LogP contribution in [0.4, 0.5) is 0 Å². The van der Waals surface area contributed by atoms with Gasteiger partial charge < -0.3 is 15.2 Å². The number of ether oxygens (including phenoxy) is 1. The molecule has 150 valence electrons. The molecule has 1 atom stereocenters. The molecule has 28 heavy (non-hydrogen) atoms. The average Bonchev–Trinajstić information content (AvgIpc) is 2.73. The molecule has 5 heteroatoms. The largest absolute Gasteiger partial charge is 0.388 e. The van der Waals surface area contributed by atoms with E-state index >= 15 is 0 Å². The molecule has 3 rings (SSSR count). The molecule has 2 N–H and O–H groups in total. The number of aliphatic hydroxyl groups excluding tert-OH is 1. The highest BCUT2D eigenvalue weighted by atomic mass is 16.5. The number of nitrogens with zero attached hydrogens (tertiary/aromatic N) is 1. The van der Waals surface area contributed by atoms with Crippen LogP contribution in [0.5, 0.6) is 0 Å². The van der Waals surface area contributed by atoms with Crippen LogP contribution in [0.2, 0.25) is 0 Å². The molecule has 1 aliphatic heterocycles. The number of rotatable bonds is 8. The number of amides is 1. The first-order valence-electron chi connectivity index (χ1n) is 9.94. The molecule has 0 bridgehead atoms. The van der Waals surface area contributed by atoms with Crippen molar-refractivity contribution < 1.29 is 14.6 Å². The van der Waals surface area contributed by atoms with Crippen LogP contribution in [0.15, 0.2) is 54.6 Å². The zero-order valence-electron chi connectivity index (χ0n) is 16.5. The van der Waals surface area contributed by atoms with Crippen LogP contribution in [-0.2, 0) is 22.7 Å². The topological polar surface area (TPSA) is 61.8 Å². The van der Waals surface area contributed by atoms with E-state index in [1.165, 1.54) is 0 Å².